The van der Waals surface area contributed by atoms with Crippen LogP contribution in [-0.4, -0.2) is 11.3 Å². The van der Waals surface area contributed by atoms with E-state index in [1.807, 2.05) is 0 Å². The Kier molecular flexibility index (Phi) is 2.99. The van der Waals surface area contributed by atoms with Gasteiger partial charge in [0.2, 0.25) is 0 Å². The van der Waals surface area contributed by atoms with E-state index in [1.54, 1.807) is 12.1 Å². The number of pyridine rings is 1. The summed E-state index contributed by atoms with van der Waals surface area (Å²) in [5.41, 5.74) is 1.39. The first-order valence-electron chi connectivity index (χ1n) is 4.73. The van der Waals surface area contributed by atoms with Gasteiger partial charge in [-0.25, -0.2) is 0 Å². The predicted octanol–water partition coefficient (Wildman–Crippen LogP) is 3.45. The van der Waals surface area contributed by atoms with Crippen LogP contribution in [0.1, 0.15) is 0 Å². The molecule has 87 valence electrons. The van der Waals surface area contributed by atoms with Crippen molar-refractivity contribution in [2.45, 2.75) is 6.36 Å². The average molecular weight is 238 g/mol. The molecule has 2 nitrogen and oxygen atoms in total. The quantitative estimate of drug-likeness (QED) is 0.799. The number of hydrogen-bond donors (Lipinski definition) is 0. The number of halogens is 3. The lowest BCUT2D eigenvalue weighted by Crippen LogP contribution is -2.16. The number of rotatable bonds is 2. The van der Waals surface area contributed by atoms with E-state index >= 15 is 0 Å². The van der Waals surface area contributed by atoms with Gasteiger partial charge in [0.05, 0.1) is 5.69 Å². The molecule has 1 heterocycles. The molecule has 0 atom stereocenters. The van der Waals surface area contributed by atoms with E-state index in [-0.39, 0.29) is 5.75 Å². The van der Waals surface area contributed by atoms with Gasteiger partial charge in [0.15, 0.2) is 0 Å². The first kappa shape index (κ1) is 11.4. The number of ether oxygens (including phenoxy) is 1. The Hall–Kier alpha value is -2.04. The molecule has 5 heteroatoms. The zero-order valence-electron chi connectivity index (χ0n) is 8.53. The molecule has 2 aromatic rings. The van der Waals surface area contributed by atoms with E-state index in [9.17, 15) is 13.2 Å². The lowest BCUT2D eigenvalue weighted by Gasteiger charge is -2.08. The fourth-order valence-corrected chi connectivity index (χ4v) is 1.32. The molecule has 2 rings (SSSR count). The van der Waals surface area contributed by atoms with Crippen molar-refractivity contribution in [3.63, 3.8) is 0 Å². The molecule has 1 aromatic heterocycles. The van der Waals surface area contributed by atoms with Gasteiger partial charge in [-0.05, 0) is 30.3 Å². The van der Waals surface area contributed by atoms with Gasteiger partial charge in [-0.1, -0.05) is 6.07 Å². The maximum Gasteiger partial charge on any atom is 0.573 e. The lowest BCUT2D eigenvalue weighted by molar-refractivity contribution is -0.274. The Morgan fingerprint density at radius 1 is 1.06 bits per heavy atom. The summed E-state index contributed by atoms with van der Waals surface area (Å²) in [4.78, 5) is 4.03. The van der Waals surface area contributed by atoms with Crippen molar-refractivity contribution in [1.82, 2.24) is 4.98 Å². The van der Waals surface area contributed by atoms with Crippen molar-refractivity contribution in [3.05, 3.63) is 48.7 Å². The highest BCUT2D eigenvalue weighted by molar-refractivity contribution is 5.59. The van der Waals surface area contributed by atoms with Crippen LogP contribution in [0.25, 0.3) is 11.3 Å². The van der Waals surface area contributed by atoms with Crippen molar-refractivity contribution in [1.29, 1.82) is 0 Å². The van der Waals surface area contributed by atoms with Gasteiger partial charge in [-0.2, -0.15) is 0 Å². The maximum atomic E-state index is 11.9. The average Bonchev–Trinajstić information content (AvgIpc) is 2.29. The minimum absolute atomic E-state index is 0.247. The summed E-state index contributed by atoms with van der Waals surface area (Å²) < 4.78 is 39.5. The van der Waals surface area contributed by atoms with Crippen LogP contribution in [0.2, 0.25) is 0 Å². The zero-order chi connectivity index (χ0) is 12.3. The fourth-order valence-electron chi connectivity index (χ4n) is 1.32. The van der Waals surface area contributed by atoms with E-state index in [1.165, 1.54) is 30.5 Å². The van der Waals surface area contributed by atoms with Crippen LogP contribution in [0.5, 0.6) is 5.75 Å². The second kappa shape index (κ2) is 4.45. The van der Waals surface area contributed by atoms with E-state index in [0.717, 1.165) is 0 Å². The second-order valence-electron chi connectivity index (χ2n) is 3.22. The maximum absolute atomic E-state index is 11.9. The zero-order valence-corrected chi connectivity index (χ0v) is 8.53. The molecule has 0 bridgehead atoms. The van der Waals surface area contributed by atoms with Gasteiger partial charge in [0, 0.05) is 17.8 Å². The molecule has 0 unspecified atom stereocenters. The lowest BCUT2D eigenvalue weighted by atomic mass is 10.1. The summed E-state index contributed by atoms with van der Waals surface area (Å²) in [5.74, 6) is -0.247. The van der Waals surface area contributed by atoms with Crippen molar-refractivity contribution in [2.75, 3.05) is 0 Å². The first-order valence-corrected chi connectivity index (χ1v) is 4.73. The number of benzene rings is 1. The van der Waals surface area contributed by atoms with Crippen molar-refractivity contribution in [2.24, 2.45) is 0 Å². The van der Waals surface area contributed by atoms with Crippen LogP contribution in [0.3, 0.4) is 0 Å². The molecule has 0 N–H and O–H groups in total. The molecule has 0 aliphatic heterocycles. The van der Waals surface area contributed by atoms with Crippen molar-refractivity contribution in [3.8, 4) is 17.0 Å². The smallest absolute Gasteiger partial charge is 0.406 e. The van der Waals surface area contributed by atoms with Crippen molar-refractivity contribution >= 4 is 0 Å². The molecular weight excluding hydrogens is 231 g/mol. The SMILES string of the molecule is FC(F)(F)Oc1ccc(-c2cc[c]cn2)cc1. The number of aromatic nitrogens is 1. The van der Waals surface area contributed by atoms with E-state index in [0.29, 0.717) is 11.3 Å². The second-order valence-corrected chi connectivity index (χ2v) is 3.22. The third kappa shape index (κ3) is 3.21. The topological polar surface area (TPSA) is 22.1 Å². The predicted molar refractivity (Wildman–Crippen MR) is 55.2 cm³/mol. The fraction of sp³-hybridized carbons (Fsp3) is 0.0833. The molecule has 0 amide bonds. The molecule has 0 aliphatic carbocycles. The van der Waals surface area contributed by atoms with Gasteiger partial charge in [0.1, 0.15) is 5.75 Å². The van der Waals surface area contributed by atoms with Crippen LogP contribution in [0.15, 0.2) is 42.6 Å². The molecule has 1 aromatic carbocycles. The number of alkyl halides is 3. The van der Waals surface area contributed by atoms with E-state index < -0.39 is 6.36 Å². The van der Waals surface area contributed by atoms with Crippen LogP contribution in [0, 0.1) is 6.07 Å². The minimum Gasteiger partial charge on any atom is -0.406 e. The Morgan fingerprint density at radius 3 is 2.29 bits per heavy atom. The summed E-state index contributed by atoms with van der Waals surface area (Å²) in [7, 11) is 0. The number of hydrogen-bond acceptors (Lipinski definition) is 2. The Bertz CT molecular complexity index is 479. The minimum atomic E-state index is -4.67. The molecule has 0 saturated heterocycles. The van der Waals surface area contributed by atoms with E-state index in [4.69, 9.17) is 0 Å². The van der Waals surface area contributed by atoms with Gasteiger partial charge >= 0.3 is 6.36 Å². The van der Waals surface area contributed by atoms with E-state index in [2.05, 4.69) is 15.8 Å². The van der Waals surface area contributed by atoms with Crippen LogP contribution >= 0.6 is 0 Å². The highest BCUT2D eigenvalue weighted by atomic mass is 19.4. The number of nitrogens with zero attached hydrogens (tertiary/aromatic N) is 1. The highest BCUT2D eigenvalue weighted by Gasteiger charge is 2.30. The highest BCUT2D eigenvalue weighted by Crippen LogP contribution is 2.25. The van der Waals surface area contributed by atoms with Crippen LogP contribution in [-0.2, 0) is 0 Å². The molecule has 1 radical (unpaired) electrons. The Morgan fingerprint density at radius 2 is 1.76 bits per heavy atom. The molecule has 0 fully saturated rings. The summed E-state index contributed by atoms with van der Waals surface area (Å²) in [5, 5.41) is 0. The van der Waals surface area contributed by atoms with Crippen LogP contribution in [0.4, 0.5) is 13.2 Å². The Labute approximate surface area is 95.7 Å². The molecule has 0 aliphatic rings. The molecule has 17 heavy (non-hydrogen) atoms. The summed E-state index contributed by atoms with van der Waals surface area (Å²) >= 11 is 0. The largest absolute Gasteiger partial charge is 0.573 e. The third-order valence-electron chi connectivity index (χ3n) is 2.00. The summed E-state index contributed by atoms with van der Waals surface area (Å²) in [6.07, 6.45) is -3.17. The van der Waals surface area contributed by atoms with Gasteiger partial charge < -0.3 is 4.74 Å². The monoisotopic (exact) mass is 238 g/mol. The molecule has 0 spiro atoms. The first-order chi connectivity index (χ1) is 8.04. The molecular formula is C12H7F3NO. The standard InChI is InChI=1S/C12H7F3NO/c13-12(14,15)17-10-6-4-9(5-7-10)11-3-1-2-8-16-11/h1,3-8H. The van der Waals surface area contributed by atoms with Crippen LogP contribution < -0.4 is 4.74 Å². The molecule has 0 saturated carbocycles. The summed E-state index contributed by atoms with van der Waals surface area (Å²) in [6.45, 7) is 0. The normalized spacial score (nSPS) is 11.2. The van der Waals surface area contributed by atoms with Crippen molar-refractivity contribution < 1.29 is 17.9 Å². The Balaban J connectivity index is 2.19. The van der Waals surface area contributed by atoms with Gasteiger partial charge in [0.25, 0.3) is 0 Å². The van der Waals surface area contributed by atoms with Gasteiger partial charge in [-0.15, -0.1) is 13.2 Å². The van der Waals surface area contributed by atoms with Gasteiger partial charge in [-0.3, -0.25) is 4.98 Å². The summed E-state index contributed by atoms with van der Waals surface area (Å²) in [6, 6.07) is 11.7. The third-order valence-corrected chi connectivity index (χ3v) is 2.00.